The molecule has 6 heteroatoms. The summed E-state index contributed by atoms with van der Waals surface area (Å²) in [5, 5.41) is 10.9. The molecule has 1 aromatic heterocycles. The summed E-state index contributed by atoms with van der Waals surface area (Å²) < 4.78 is 1.80. The van der Waals surface area contributed by atoms with Gasteiger partial charge in [-0.3, -0.25) is 4.68 Å². The first kappa shape index (κ1) is 20.5. The van der Waals surface area contributed by atoms with Crippen molar-refractivity contribution in [2.45, 2.75) is 33.2 Å². The number of rotatable bonds is 6. The van der Waals surface area contributed by atoms with Gasteiger partial charge >= 0.3 is 0 Å². The lowest BCUT2D eigenvalue weighted by molar-refractivity contribution is 0.699. The maximum absolute atomic E-state index is 4.62. The van der Waals surface area contributed by atoms with Crippen molar-refractivity contribution in [3.8, 4) is 0 Å². The third-order valence-corrected chi connectivity index (χ3v) is 3.74. The van der Waals surface area contributed by atoms with E-state index in [0.717, 1.165) is 24.6 Å². The Balaban J connectivity index is 0.00000288. The molecule has 0 radical (unpaired) electrons. The van der Waals surface area contributed by atoms with Gasteiger partial charge in [-0.25, -0.2) is 4.99 Å². The topological polar surface area (TPSA) is 54.2 Å². The van der Waals surface area contributed by atoms with E-state index in [1.807, 2.05) is 19.4 Å². The van der Waals surface area contributed by atoms with Crippen molar-refractivity contribution in [2.75, 3.05) is 13.1 Å². The molecule has 0 saturated carbocycles. The summed E-state index contributed by atoms with van der Waals surface area (Å²) in [6.07, 6.45) is 3.84. The number of aliphatic imine (C=N–C) groups is 1. The molecule has 0 amide bonds. The zero-order valence-electron chi connectivity index (χ0n) is 14.9. The van der Waals surface area contributed by atoms with Crippen molar-refractivity contribution in [3.63, 3.8) is 0 Å². The van der Waals surface area contributed by atoms with Gasteiger partial charge in [-0.1, -0.05) is 36.8 Å². The molecule has 1 unspecified atom stereocenters. The third kappa shape index (κ3) is 6.51. The van der Waals surface area contributed by atoms with E-state index < -0.39 is 0 Å². The molecule has 0 bridgehead atoms. The fraction of sp³-hybridized carbons (Fsp3) is 0.444. The minimum atomic E-state index is 0. The smallest absolute Gasteiger partial charge is 0.191 e. The van der Waals surface area contributed by atoms with E-state index in [1.165, 1.54) is 11.1 Å². The van der Waals surface area contributed by atoms with Crippen LogP contribution in [0.1, 0.15) is 36.5 Å². The van der Waals surface area contributed by atoms with Gasteiger partial charge in [-0.15, -0.1) is 24.0 Å². The molecule has 0 saturated heterocycles. The Morgan fingerprint density at radius 1 is 1.25 bits per heavy atom. The van der Waals surface area contributed by atoms with Gasteiger partial charge in [-0.05, 0) is 25.3 Å². The molecule has 24 heavy (non-hydrogen) atoms. The second-order valence-corrected chi connectivity index (χ2v) is 5.91. The number of halogens is 1. The molecule has 0 aliphatic carbocycles. The van der Waals surface area contributed by atoms with E-state index in [-0.39, 0.29) is 24.0 Å². The second kappa shape index (κ2) is 10.3. The van der Waals surface area contributed by atoms with Crippen LogP contribution in [0.25, 0.3) is 0 Å². The summed E-state index contributed by atoms with van der Waals surface area (Å²) in [4.78, 5) is 4.62. The monoisotopic (exact) mass is 441 g/mol. The molecule has 0 spiro atoms. The molecule has 2 rings (SSSR count). The first-order chi connectivity index (χ1) is 11.1. The van der Waals surface area contributed by atoms with Crippen molar-refractivity contribution in [1.82, 2.24) is 20.4 Å². The first-order valence-electron chi connectivity index (χ1n) is 8.14. The zero-order chi connectivity index (χ0) is 16.7. The number of aryl methyl sites for hydroxylation is 2. The standard InChI is InChI=1S/C18H27N5.HI/c1-5-19-18(21-11-16-12-22-23(4)13-16)20-10-15(3)17-8-6-14(2)7-9-17;/h6-9,12-13,15H,5,10-11H2,1-4H3,(H2,19,20,21);1H. The average molecular weight is 441 g/mol. The number of hydrogen-bond donors (Lipinski definition) is 2. The summed E-state index contributed by atoms with van der Waals surface area (Å²) in [6.45, 7) is 8.73. The van der Waals surface area contributed by atoms with Crippen LogP contribution < -0.4 is 10.6 Å². The summed E-state index contributed by atoms with van der Waals surface area (Å²) in [6, 6.07) is 8.71. The Labute approximate surface area is 162 Å². The summed E-state index contributed by atoms with van der Waals surface area (Å²) in [5.41, 5.74) is 3.74. The minimum absolute atomic E-state index is 0. The van der Waals surface area contributed by atoms with Gasteiger partial charge in [0.15, 0.2) is 5.96 Å². The molecule has 1 aromatic carbocycles. The van der Waals surface area contributed by atoms with E-state index in [1.54, 1.807) is 4.68 Å². The van der Waals surface area contributed by atoms with Crippen molar-refractivity contribution in [1.29, 1.82) is 0 Å². The number of guanidine groups is 1. The lowest BCUT2D eigenvalue weighted by Gasteiger charge is -2.16. The number of hydrogen-bond acceptors (Lipinski definition) is 2. The largest absolute Gasteiger partial charge is 0.357 e. The Hall–Kier alpha value is -1.57. The molecule has 1 atom stereocenters. The molecule has 1 heterocycles. The predicted octanol–water partition coefficient (Wildman–Crippen LogP) is 3.21. The summed E-state index contributed by atoms with van der Waals surface area (Å²) in [7, 11) is 1.92. The molecule has 132 valence electrons. The van der Waals surface area contributed by atoms with Crippen molar-refractivity contribution < 1.29 is 0 Å². The zero-order valence-corrected chi connectivity index (χ0v) is 17.2. The van der Waals surface area contributed by atoms with E-state index in [4.69, 9.17) is 0 Å². The third-order valence-electron chi connectivity index (χ3n) is 3.74. The van der Waals surface area contributed by atoms with Gasteiger partial charge in [0.05, 0.1) is 12.7 Å². The van der Waals surface area contributed by atoms with Crippen LogP contribution >= 0.6 is 24.0 Å². The SMILES string of the molecule is CCNC(=NCc1cnn(C)c1)NCC(C)c1ccc(C)cc1.I. The van der Waals surface area contributed by atoms with Crippen LogP contribution in [0, 0.1) is 6.92 Å². The Morgan fingerprint density at radius 3 is 2.54 bits per heavy atom. The van der Waals surface area contributed by atoms with Gasteiger partial charge < -0.3 is 10.6 Å². The van der Waals surface area contributed by atoms with Gasteiger partial charge in [0.2, 0.25) is 0 Å². The maximum atomic E-state index is 4.62. The number of aromatic nitrogens is 2. The quantitative estimate of drug-likeness (QED) is 0.411. The highest BCUT2D eigenvalue weighted by molar-refractivity contribution is 14.0. The maximum Gasteiger partial charge on any atom is 0.191 e. The van der Waals surface area contributed by atoms with Crippen LogP contribution in [0.5, 0.6) is 0 Å². The fourth-order valence-electron chi connectivity index (χ4n) is 2.33. The molecule has 5 nitrogen and oxygen atoms in total. The van der Waals surface area contributed by atoms with E-state index in [9.17, 15) is 0 Å². The first-order valence-corrected chi connectivity index (χ1v) is 8.14. The second-order valence-electron chi connectivity index (χ2n) is 5.91. The molecule has 2 N–H and O–H groups in total. The molecule has 0 fully saturated rings. The van der Waals surface area contributed by atoms with Crippen LogP contribution in [-0.2, 0) is 13.6 Å². The van der Waals surface area contributed by atoms with Gasteiger partial charge in [-0.2, -0.15) is 5.10 Å². The summed E-state index contributed by atoms with van der Waals surface area (Å²) in [5.74, 6) is 1.27. The van der Waals surface area contributed by atoms with Crippen LogP contribution in [0.3, 0.4) is 0 Å². The fourth-order valence-corrected chi connectivity index (χ4v) is 2.33. The highest BCUT2D eigenvalue weighted by Gasteiger charge is 2.06. The van der Waals surface area contributed by atoms with Crippen LogP contribution in [-0.4, -0.2) is 28.8 Å². The van der Waals surface area contributed by atoms with Crippen LogP contribution in [0.15, 0.2) is 41.7 Å². The average Bonchev–Trinajstić information content (AvgIpc) is 2.96. The Bertz CT molecular complexity index is 633. The molecule has 0 aliphatic rings. The van der Waals surface area contributed by atoms with Crippen molar-refractivity contribution >= 4 is 29.9 Å². The Kier molecular flexibility index (Phi) is 8.81. The van der Waals surface area contributed by atoms with Crippen LogP contribution in [0.2, 0.25) is 0 Å². The number of nitrogens with zero attached hydrogens (tertiary/aromatic N) is 3. The normalized spacial score (nSPS) is 12.4. The Morgan fingerprint density at radius 2 is 1.96 bits per heavy atom. The van der Waals surface area contributed by atoms with E-state index in [2.05, 4.69) is 65.8 Å². The molecule has 2 aromatic rings. The molecular weight excluding hydrogens is 413 g/mol. The summed E-state index contributed by atoms with van der Waals surface area (Å²) >= 11 is 0. The van der Waals surface area contributed by atoms with Gasteiger partial charge in [0.1, 0.15) is 0 Å². The van der Waals surface area contributed by atoms with Crippen molar-refractivity contribution in [3.05, 3.63) is 53.3 Å². The van der Waals surface area contributed by atoms with Crippen LogP contribution in [0.4, 0.5) is 0 Å². The van der Waals surface area contributed by atoms with E-state index >= 15 is 0 Å². The highest BCUT2D eigenvalue weighted by Crippen LogP contribution is 2.14. The van der Waals surface area contributed by atoms with E-state index in [0.29, 0.717) is 12.5 Å². The predicted molar refractivity (Wildman–Crippen MR) is 111 cm³/mol. The van der Waals surface area contributed by atoms with Gasteiger partial charge in [0.25, 0.3) is 0 Å². The van der Waals surface area contributed by atoms with Crippen molar-refractivity contribution in [2.24, 2.45) is 12.0 Å². The van der Waals surface area contributed by atoms with Gasteiger partial charge in [0, 0.05) is 31.9 Å². The molecular formula is C18H28IN5. The molecule has 0 aliphatic heterocycles. The lowest BCUT2D eigenvalue weighted by Crippen LogP contribution is -2.39. The minimum Gasteiger partial charge on any atom is -0.357 e. The number of benzene rings is 1. The lowest BCUT2D eigenvalue weighted by atomic mass is 10.0. The highest BCUT2D eigenvalue weighted by atomic mass is 127. The number of nitrogens with one attached hydrogen (secondary N) is 2.